The molecular weight excluding hydrogens is 532 g/mol. The van der Waals surface area contributed by atoms with Gasteiger partial charge < -0.3 is 14.2 Å². The Hall–Kier alpha value is -2.03. The van der Waals surface area contributed by atoms with E-state index < -0.39 is 71.7 Å². The van der Waals surface area contributed by atoms with Crippen LogP contribution in [0.15, 0.2) is 0 Å². The smallest absolute Gasteiger partial charge is 0.434 e. The molecule has 0 amide bonds. The summed E-state index contributed by atoms with van der Waals surface area (Å²) in [5.41, 5.74) is -2.60. The Bertz CT molecular complexity index is 985. The molecule has 1 heterocycles. The fourth-order valence-electron chi connectivity index (χ4n) is 7.19. The van der Waals surface area contributed by atoms with E-state index in [9.17, 15) is 41.2 Å². The summed E-state index contributed by atoms with van der Waals surface area (Å²) in [7, 11) is 0. The third kappa shape index (κ3) is 5.49. The van der Waals surface area contributed by atoms with Crippen LogP contribution in [-0.4, -0.2) is 49.2 Å². The van der Waals surface area contributed by atoms with Crippen molar-refractivity contribution in [1.29, 1.82) is 5.26 Å². The molecule has 2 saturated carbocycles. The maximum atomic E-state index is 13.2. The third-order valence-corrected chi connectivity index (χ3v) is 8.96. The SMILES string of the molecule is CCC1C2CC(OCC(C)(CC(C)(C)C)C(C)C)C3OC(=O)C(C#N)(C2C(=O)OC(C(F)(F)F)C(F)(F)F)C13. The minimum absolute atomic E-state index is 0.0303. The molecule has 6 nitrogen and oxygen atoms in total. The van der Waals surface area contributed by atoms with Crippen LogP contribution in [0.1, 0.15) is 67.7 Å². The average molecular weight is 570 g/mol. The Morgan fingerprint density at radius 1 is 1.13 bits per heavy atom. The first-order valence-electron chi connectivity index (χ1n) is 13.2. The second-order valence-corrected chi connectivity index (χ2v) is 13.1. The first-order chi connectivity index (χ1) is 17.6. The van der Waals surface area contributed by atoms with Crippen LogP contribution >= 0.6 is 0 Å². The molecule has 8 atom stereocenters. The topological polar surface area (TPSA) is 85.6 Å². The number of carbonyl (C=O) groups excluding carboxylic acids is 2. The van der Waals surface area contributed by atoms with Crippen molar-refractivity contribution in [2.45, 2.75) is 98.4 Å². The number of alkyl halides is 6. The van der Waals surface area contributed by atoms with Crippen LogP contribution in [-0.2, 0) is 23.8 Å². The first-order valence-corrected chi connectivity index (χ1v) is 13.2. The molecule has 0 aromatic heterocycles. The number of halogens is 6. The minimum atomic E-state index is -5.93. The van der Waals surface area contributed by atoms with Crippen LogP contribution in [0.3, 0.4) is 0 Å². The molecule has 1 aliphatic heterocycles. The summed E-state index contributed by atoms with van der Waals surface area (Å²) in [4.78, 5) is 26.2. The highest BCUT2D eigenvalue weighted by Crippen LogP contribution is 2.66. The van der Waals surface area contributed by atoms with Gasteiger partial charge in [-0.2, -0.15) is 31.6 Å². The molecule has 222 valence electrons. The Morgan fingerprint density at radius 3 is 2.13 bits per heavy atom. The van der Waals surface area contributed by atoms with Gasteiger partial charge in [0.2, 0.25) is 0 Å². The van der Waals surface area contributed by atoms with Crippen LogP contribution in [0.4, 0.5) is 26.3 Å². The number of fused-ring (bicyclic) bond motifs is 1. The molecule has 39 heavy (non-hydrogen) atoms. The number of nitrogens with zero attached hydrogens (tertiary/aromatic N) is 1. The van der Waals surface area contributed by atoms with E-state index in [1.807, 2.05) is 13.8 Å². The lowest BCUT2D eigenvalue weighted by Gasteiger charge is -2.43. The highest BCUT2D eigenvalue weighted by Gasteiger charge is 2.78. The summed E-state index contributed by atoms with van der Waals surface area (Å²) < 4.78 is 95.1. The van der Waals surface area contributed by atoms with Gasteiger partial charge in [-0.1, -0.05) is 54.9 Å². The summed E-state index contributed by atoms with van der Waals surface area (Å²) in [5, 5.41) is 10.1. The van der Waals surface area contributed by atoms with E-state index in [1.165, 1.54) is 0 Å². The molecule has 3 fully saturated rings. The number of nitriles is 1. The second-order valence-electron chi connectivity index (χ2n) is 13.1. The van der Waals surface area contributed by atoms with Gasteiger partial charge >= 0.3 is 24.3 Å². The van der Waals surface area contributed by atoms with E-state index in [0.29, 0.717) is 6.42 Å². The molecule has 2 bridgehead atoms. The zero-order valence-corrected chi connectivity index (χ0v) is 23.2. The molecule has 3 aliphatic rings. The Kier molecular flexibility index (Phi) is 8.16. The van der Waals surface area contributed by atoms with Gasteiger partial charge in [-0.25, -0.2) is 0 Å². The van der Waals surface area contributed by atoms with Gasteiger partial charge in [0.05, 0.1) is 24.7 Å². The lowest BCUT2D eigenvalue weighted by molar-refractivity contribution is -0.315. The van der Waals surface area contributed by atoms with Gasteiger partial charge in [-0.15, -0.1) is 0 Å². The lowest BCUT2D eigenvalue weighted by Crippen LogP contribution is -2.49. The van der Waals surface area contributed by atoms with Crippen molar-refractivity contribution in [1.82, 2.24) is 0 Å². The molecule has 0 spiro atoms. The summed E-state index contributed by atoms with van der Waals surface area (Å²) in [6.07, 6.45) is -16.8. The number of rotatable bonds is 8. The van der Waals surface area contributed by atoms with E-state index in [1.54, 1.807) is 13.0 Å². The number of esters is 2. The van der Waals surface area contributed by atoms with E-state index in [2.05, 4.69) is 32.4 Å². The van der Waals surface area contributed by atoms with Crippen molar-refractivity contribution in [3.05, 3.63) is 0 Å². The van der Waals surface area contributed by atoms with Gasteiger partial charge in [-0.3, -0.25) is 9.59 Å². The monoisotopic (exact) mass is 569 g/mol. The molecule has 12 heteroatoms. The quantitative estimate of drug-likeness (QED) is 0.254. The first kappa shape index (κ1) is 31.5. The Balaban J connectivity index is 1.98. The lowest BCUT2D eigenvalue weighted by atomic mass is 9.68. The number of carbonyl (C=O) groups is 2. The highest BCUT2D eigenvalue weighted by atomic mass is 19.4. The van der Waals surface area contributed by atoms with Crippen molar-refractivity contribution >= 4 is 11.9 Å². The molecule has 0 radical (unpaired) electrons. The maximum absolute atomic E-state index is 13.2. The number of ether oxygens (including phenoxy) is 3. The average Bonchev–Trinajstić information content (AvgIpc) is 3.17. The van der Waals surface area contributed by atoms with Gasteiger partial charge in [0, 0.05) is 5.92 Å². The van der Waals surface area contributed by atoms with Gasteiger partial charge in [0.15, 0.2) is 5.41 Å². The molecule has 0 aromatic carbocycles. The zero-order valence-electron chi connectivity index (χ0n) is 23.2. The molecule has 0 N–H and O–H groups in total. The fourth-order valence-corrected chi connectivity index (χ4v) is 7.19. The number of hydrogen-bond acceptors (Lipinski definition) is 6. The van der Waals surface area contributed by atoms with Crippen molar-refractivity contribution < 1.29 is 50.1 Å². The van der Waals surface area contributed by atoms with Crippen molar-refractivity contribution in [3.63, 3.8) is 0 Å². The normalized spacial score (nSPS) is 34.2. The standard InChI is InChI=1S/C27H37F6NO5/c1-8-14-15-9-16(37-12-24(7,13(2)3)10-23(4,5)6)19-17(14)25(11-34,22(36)38-19)18(15)20(35)39-21(26(28,29)30)27(31,32)33/h13-19,21H,8-10,12H2,1-7H3. The Labute approximate surface area is 224 Å². The maximum Gasteiger partial charge on any atom is 0.434 e. The van der Waals surface area contributed by atoms with Crippen LogP contribution in [0.5, 0.6) is 0 Å². The predicted molar refractivity (Wildman–Crippen MR) is 126 cm³/mol. The molecule has 2 aliphatic carbocycles. The van der Waals surface area contributed by atoms with Gasteiger partial charge in [0.1, 0.15) is 6.10 Å². The predicted octanol–water partition coefficient (Wildman–Crippen LogP) is 6.23. The van der Waals surface area contributed by atoms with E-state index >= 15 is 0 Å². The van der Waals surface area contributed by atoms with Crippen LogP contribution in [0.2, 0.25) is 0 Å². The summed E-state index contributed by atoms with van der Waals surface area (Å²) in [5.74, 6) is -7.01. The minimum Gasteiger partial charge on any atom is -0.458 e. The fraction of sp³-hybridized carbons (Fsp3) is 0.889. The zero-order chi connectivity index (χ0) is 29.9. The molecule has 1 saturated heterocycles. The summed E-state index contributed by atoms with van der Waals surface area (Å²) >= 11 is 0. The highest BCUT2D eigenvalue weighted by molar-refractivity contribution is 5.91. The van der Waals surface area contributed by atoms with E-state index in [0.717, 1.165) is 6.42 Å². The Morgan fingerprint density at radius 2 is 1.69 bits per heavy atom. The van der Waals surface area contributed by atoms with Crippen LogP contribution in [0, 0.1) is 57.2 Å². The summed E-state index contributed by atoms with van der Waals surface area (Å²) in [6, 6.07) is 1.78. The van der Waals surface area contributed by atoms with Gasteiger partial charge in [-0.05, 0) is 41.4 Å². The molecule has 0 aromatic rings. The number of hydrogen-bond donors (Lipinski definition) is 0. The molecular formula is C27H37F6NO5. The van der Waals surface area contributed by atoms with Crippen LogP contribution < -0.4 is 0 Å². The second kappa shape index (κ2) is 10.1. The van der Waals surface area contributed by atoms with E-state index in [-0.39, 0.29) is 29.8 Å². The molecule has 3 rings (SSSR count). The van der Waals surface area contributed by atoms with Crippen molar-refractivity contribution in [2.75, 3.05) is 6.61 Å². The largest absolute Gasteiger partial charge is 0.458 e. The van der Waals surface area contributed by atoms with Gasteiger partial charge in [0.25, 0.3) is 6.10 Å². The van der Waals surface area contributed by atoms with Crippen molar-refractivity contribution in [3.8, 4) is 6.07 Å². The van der Waals surface area contributed by atoms with E-state index in [4.69, 9.17) is 9.47 Å². The third-order valence-electron chi connectivity index (χ3n) is 8.96. The van der Waals surface area contributed by atoms with Crippen LogP contribution in [0.25, 0.3) is 0 Å². The summed E-state index contributed by atoms with van der Waals surface area (Å²) in [6.45, 7) is 14.4. The molecule has 8 unspecified atom stereocenters. The van der Waals surface area contributed by atoms with Crippen molar-refractivity contribution in [2.24, 2.45) is 45.8 Å².